The van der Waals surface area contributed by atoms with E-state index < -0.39 is 11.9 Å². The highest BCUT2D eigenvalue weighted by Crippen LogP contribution is 2.43. The van der Waals surface area contributed by atoms with Crippen molar-refractivity contribution < 1.29 is 24.3 Å². The van der Waals surface area contributed by atoms with Gasteiger partial charge in [0.2, 0.25) is 17.7 Å². The van der Waals surface area contributed by atoms with Gasteiger partial charge in [0.15, 0.2) is 0 Å². The molecule has 1 atom stereocenters. The van der Waals surface area contributed by atoms with E-state index in [2.05, 4.69) is 0 Å². The van der Waals surface area contributed by atoms with Crippen LogP contribution in [0.15, 0.2) is 0 Å². The third-order valence-electron chi connectivity index (χ3n) is 3.89. The van der Waals surface area contributed by atoms with Crippen LogP contribution in [0.1, 0.15) is 30.6 Å². The Morgan fingerprint density at radius 3 is 2.12 bits per heavy atom. The molecule has 0 aromatic heterocycles. The van der Waals surface area contributed by atoms with Crippen LogP contribution < -0.4 is 9.80 Å². The van der Waals surface area contributed by atoms with E-state index in [9.17, 15) is 24.3 Å². The summed E-state index contributed by atoms with van der Waals surface area (Å²) in [5, 5.41) is 9.63. The molecule has 0 bridgehead atoms. The number of carboxylic acids is 1. The molecule has 1 aliphatic heterocycles. The molecule has 0 aliphatic carbocycles. The van der Waals surface area contributed by atoms with Gasteiger partial charge in [0.05, 0.1) is 27.6 Å². The van der Waals surface area contributed by atoms with Crippen LogP contribution in [-0.4, -0.2) is 35.8 Å². The normalized spacial score (nSPS) is 17.2. The number of anilines is 2. The average Bonchev–Trinajstić information content (AvgIpc) is 2.73. The number of carboxylic acid groups (broad SMARTS) is 1. The van der Waals surface area contributed by atoms with Gasteiger partial charge in [0.25, 0.3) is 0 Å². The first kappa shape index (κ1) is 20.8. The molecule has 1 aromatic carbocycles. The minimum atomic E-state index is -1.18. The van der Waals surface area contributed by atoms with Crippen molar-refractivity contribution in [2.45, 2.75) is 20.3 Å². The van der Waals surface area contributed by atoms with Crippen molar-refractivity contribution in [1.29, 1.82) is 0 Å². The molecule has 1 saturated heterocycles. The molecule has 134 valence electrons. The number of carbonyl (C=O) groups is 4. The number of amides is 3. The van der Waals surface area contributed by atoms with Gasteiger partial charge in [-0.25, -0.2) is 9.69 Å². The van der Waals surface area contributed by atoms with Gasteiger partial charge in [0, 0.05) is 26.3 Å². The number of hydrogen-bond acceptors (Lipinski definition) is 4. The second-order valence-electron chi connectivity index (χ2n) is 5.57. The Labute approximate surface area is 184 Å². The quantitative estimate of drug-likeness (QED) is 0.391. The topological polar surface area (TPSA) is 95.0 Å². The summed E-state index contributed by atoms with van der Waals surface area (Å²) in [7, 11) is 1.53. The van der Waals surface area contributed by atoms with Crippen LogP contribution in [0.5, 0.6) is 0 Å². The van der Waals surface area contributed by atoms with Crippen LogP contribution in [0.4, 0.5) is 11.4 Å². The van der Waals surface area contributed by atoms with Gasteiger partial charge < -0.3 is 10.0 Å². The molecule has 1 fully saturated rings. The van der Waals surface area contributed by atoms with Crippen LogP contribution in [0.3, 0.4) is 0 Å². The fraction of sp³-hybridized carbons (Fsp3) is 0.333. The van der Waals surface area contributed by atoms with Crippen molar-refractivity contribution in [3.8, 4) is 0 Å². The van der Waals surface area contributed by atoms with Crippen LogP contribution in [0, 0.1) is 16.6 Å². The monoisotopic (exact) mass is 682 g/mol. The number of nitrogens with zero attached hydrogens (tertiary/aromatic N) is 2. The van der Waals surface area contributed by atoms with Gasteiger partial charge >= 0.3 is 5.97 Å². The zero-order chi connectivity index (χ0) is 19.2. The van der Waals surface area contributed by atoms with Crippen molar-refractivity contribution in [1.82, 2.24) is 0 Å². The van der Waals surface area contributed by atoms with E-state index in [1.807, 2.05) is 67.8 Å². The molecule has 25 heavy (non-hydrogen) atoms. The highest BCUT2D eigenvalue weighted by Gasteiger charge is 2.41. The van der Waals surface area contributed by atoms with E-state index in [1.165, 1.54) is 18.9 Å². The Bertz CT molecular complexity index is 824. The maximum absolute atomic E-state index is 12.5. The predicted octanol–water partition coefficient (Wildman–Crippen LogP) is 3.08. The van der Waals surface area contributed by atoms with E-state index in [4.69, 9.17) is 0 Å². The number of hydrogen-bond donors (Lipinski definition) is 1. The molecule has 0 saturated carbocycles. The summed E-state index contributed by atoms with van der Waals surface area (Å²) in [6, 6.07) is 0. The molecule has 2 rings (SSSR count). The fourth-order valence-corrected chi connectivity index (χ4v) is 7.33. The summed E-state index contributed by atoms with van der Waals surface area (Å²) in [6.45, 7) is 3.02. The number of carbonyl (C=O) groups excluding carboxylic acids is 3. The zero-order valence-electron chi connectivity index (χ0n) is 13.4. The molecule has 1 aliphatic rings. The number of imide groups is 1. The Kier molecular flexibility index (Phi) is 6.34. The van der Waals surface area contributed by atoms with E-state index >= 15 is 0 Å². The van der Waals surface area contributed by atoms with Gasteiger partial charge in [-0.2, -0.15) is 0 Å². The van der Waals surface area contributed by atoms with E-state index in [0.29, 0.717) is 16.4 Å². The van der Waals surface area contributed by atoms with Gasteiger partial charge in [-0.1, -0.05) is 6.92 Å². The molecule has 1 unspecified atom stereocenters. The minimum Gasteiger partial charge on any atom is -0.478 e. The molecule has 0 radical (unpaired) electrons. The van der Waals surface area contributed by atoms with Crippen LogP contribution in [0.2, 0.25) is 0 Å². The summed E-state index contributed by atoms with van der Waals surface area (Å²) in [4.78, 5) is 50.8. The third-order valence-corrected chi connectivity index (χ3v) is 7.01. The minimum absolute atomic E-state index is 0.0279. The van der Waals surface area contributed by atoms with Gasteiger partial charge in [-0.3, -0.25) is 14.4 Å². The maximum Gasteiger partial charge on any atom is 0.338 e. The maximum atomic E-state index is 12.5. The lowest BCUT2D eigenvalue weighted by Gasteiger charge is -2.26. The molecular weight excluding hydrogens is 669 g/mol. The van der Waals surface area contributed by atoms with Gasteiger partial charge in [0.1, 0.15) is 0 Å². The van der Waals surface area contributed by atoms with E-state index in [0.717, 1.165) is 4.90 Å². The molecular formula is C15H13I3N2O5. The van der Waals surface area contributed by atoms with Gasteiger partial charge in [-0.05, 0) is 67.8 Å². The lowest BCUT2D eigenvalue weighted by atomic mass is 10.1. The third kappa shape index (κ3) is 3.52. The SMILES string of the molecule is CC(=O)N(C)c1c(I)c(C(=O)O)c(I)c(N2C(=O)CC(C)C2=O)c1I. The number of halogens is 3. The first-order chi connectivity index (χ1) is 11.5. The number of aromatic carboxylic acids is 1. The lowest BCUT2D eigenvalue weighted by Crippen LogP contribution is -2.34. The summed E-state index contributed by atoms with van der Waals surface area (Å²) >= 11 is 5.67. The molecule has 1 heterocycles. The Morgan fingerprint density at radius 2 is 1.72 bits per heavy atom. The van der Waals surface area contributed by atoms with Crippen molar-refractivity contribution in [3.63, 3.8) is 0 Å². The van der Waals surface area contributed by atoms with Crippen LogP contribution in [0.25, 0.3) is 0 Å². The summed E-state index contributed by atoms with van der Waals surface area (Å²) in [5.74, 6) is -2.67. The van der Waals surface area contributed by atoms with Crippen LogP contribution >= 0.6 is 67.8 Å². The molecule has 10 heteroatoms. The molecule has 1 N–H and O–H groups in total. The Morgan fingerprint density at radius 1 is 1.16 bits per heavy atom. The largest absolute Gasteiger partial charge is 0.478 e. The van der Waals surface area contributed by atoms with Crippen molar-refractivity contribution in [3.05, 3.63) is 16.3 Å². The van der Waals surface area contributed by atoms with Crippen molar-refractivity contribution in [2.75, 3.05) is 16.8 Å². The fourth-order valence-electron chi connectivity index (χ4n) is 2.49. The summed E-state index contributed by atoms with van der Waals surface area (Å²) < 4.78 is 1.17. The van der Waals surface area contributed by atoms with Crippen LogP contribution in [-0.2, 0) is 14.4 Å². The zero-order valence-corrected chi connectivity index (χ0v) is 19.9. The molecule has 1 aromatic rings. The van der Waals surface area contributed by atoms with Crippen molar-refractivity contribution >= 4 is 103 Å². The standard InChI is InChI=1S/C15H13I3N2O5/c1-5-4-7(22)20(14(5)23)13-10(17)8(15(24)25)9(16)12(11(13)18)19(3)6(2)21/h5H,4H2,1-3H3,(H,24,25). The highest BCUT2D eigenvalue weighted by molar-refractivity contribution is 14.1. The number of benzene rings is 1. The predicted molar refractivity (Wildman–Crippen MR) is 117 cm³/mol. The number of rotatable bonds is 3. The highest BCUT2D eigenvalue weighted by atomic mass is 127. The summed E-state index contributed by atoms with van der Waals surface area (Å²) in [5.41, 5.74) is 0.586. The Balaban J connectivity index is 2.89. The smallest absolute Gasteiger partial charge is 0.338 e. The van der Waals surface area contributed by atoms with E-state index in [1.54, 1.807) is 6.92 Å². The summed E-state index contributed by atoms with van der Waals surface area (Å²) in [6.07, 6.45) is 0.0806. The average molecular weight is 682 g/mol. The molecule has 7 nitrogen and oxygen atoms in total. The molecule has 3 amide bonds. The first-order valence-corrected chi connectivity index (χ1v) is 10.3. The van der Waals surface area contributed by atoms with Gasteiger partial charge in [-0.15, -0.1) is 0 Å². The second-order valence-corrected chi connectivity index (χ2v) is 8.81. The second kappa shape index (κ2) is 7.62. The molecule has 0 spiro atoms. The Hall–Kier alpha value is -0.510. The van der Waals surface area contributed by atoms with E-state index in [-0.39, 0.29) is 35.4 Å². The lowest BCUT2D eigenvalue weighted by molar-refractivity contribution is -0.122. The van der Waals surface area contributed by atoms with Crippen molar-refractivity contribution in [2.24, 2.45) is 5.92 Å². The first-order valence-electron chi connectivity index (χ1n) is 7.05.